The van der Waals surface area contributed by atoms with Gasteiger partial charge in [0.2, 0.25) is 0 Å². The lowest BCUT2D eigenvalue weighted by Gasteiger charge is -2.25. The van der Waals surface area contributed by atoms with Crippen LogP contribution in [-0.4, -0.2) is 36.5 Å². The van der Waals surface area contributed by atoms with Gasteiger partial charge in [0, 0.05) is 18.3 Å². The van der Waals surface area contributed by atoms with Crippen molar-refractivity contribution in [2.45, 2.75) is 46.1 Å². The van der Waals surface area contributed by atoms with Crippen molar-refractivity contribution >= 4 is 11.6 Å². The van der Waals surface area contributed by atoms with Crippen LogP contribution in [-0.2, 0) is 6.42 Å². The van der Waals surface area contributed by atoms with Gasteiger partial charge in [0.25, 0.3) is 0 Å². The molecule has 3 N–H and O–H groups in total. The molecule has 0 unspecified atom stereocenters. The van der Waals surface area contributed by atoms with Crippen LogP contribution in [0, 0.1) is 5.92 Å². The molecule has 0 bridgehead atoms. The SMILES string of the molecule is CCc1cccc(NC(N)=NC[C@H]2CCCN2CC(C)C)c1. The third-order valence-corrected chi connectivity index (χ3v) is 4.18. The summed E-state index contributed by atoms with van der Waals surface area (Å²) in [5.41, 5.74) is 8.36. The number of guanidine groups is 1. The van der Waals surface area contributed by atoms with E-state index in [1.165, 1.54) is 24.9 Å². The molecule has 1 aliphatic rings. The second kappa shape index (κ2) is 8.18. The number of likely N-dealkylation sites (tertiary alicyclic amines) is 1. The average molecular weight is 302 g/mol. The Kier molecular flexibility index (Phi) is 6.25. The highest BCUT2D eigenvalue weighted by atomic mass is 15.2. The fraction of sp³-hybridized carbons (Fsp3) is 0.611. The van der Waals surface area contributed by atoms with Crippen LogP contribution in [0.3, 0.4) is 0 Å². The summed E-state index contributed by atoms with van der Waals surface area (Å²) in [7, 11) is 0. The highest BCUT2D eigenvalue weighted by molar-refractivity contribution is 5.92. The Balaban J connectivity index is 1.89. The minimum Gasteiger partial charge on any atom is -0.370 e. The van der Waals surface area contributed by atoms with Crippen molar-refractivity contribution < 1.29 is 0 Å². The topological polar surface area (TPSA) is 53.6 Å². The van der Waals surface area contributed by atoms with Gasteiger partial charge in [-0.2, -0.15) is 0 Å². The molecule has 4 nitrogen and oxygen atoms in total. The molecule has 122 valence electrons. The van der Waals surface area contributed by atoms with Crippen LogP contribution >= 0.6 is 0 Å². The molecular formula is C18H30N4. The number of hydrogen-bond donors (Lipinski definition) is 2. The Labute approximate surface area is 134 Å². The summed E-state index contributed by atoms with van der Waals surface area (Å²) < 4.78 is 0. The largest absolute Gasteiger partial charge is 0.370 e. The molecule has 0 aliphatic carbocycles. The number of nitrogens with zero attached hydrogens (tertiary/aromatic N) is 2. The lowest BCUT2D eigenvalue weighted by atomic mass is 10.1. The number of aryl methyl sites for hydroxylation is 1. The van der Waals surface area contributed by atoms with Gasteiger partial charge < -0.3 is 11.1 Å². The van der Waals surface area contributed by atoms with E-state index in [-0.39, 0.29) is 0 Å². The number of benzene rings is 1. The van der Waals surface area contributed by atoms with E-state index >= 15 is 0 Å². The first-order valence-electron chi connectivity index (χ1n) is 8.48. The summed E-state index contributed by atoms with van der Waals surface area (Å²) in [6.07, 6.45) is 3.53. The zero-order valence-electron chi connectivity index (χ0n) is 14.2. The molecule has 0 saturated carbocycles. The van der Waals surface area contributed by atoms with Crippen molar-refractivity contribution in [1.82, 2.24) is 4.90 Å². The van der Waals surface area contributed by atoms with Gasteiger partial charge in [0.1, 0.15) is 0 Å². The highest BCUT2D eigenvalue weighted by Crippen LogP contribution is 2.19. The number of aliphatic imine (C=N–C) groups is 1. The van der Waals surface area contributed by atoms with Crippen molar-refractivity contribution in [3.63, 3.8) is 0 Å². The minimum absolute atomic E-state index is 0.518. The molecule has 1 aliphatic heterocycles. The number of nitrogens with one attached hydrogen (secondary N) is 1. The Morgan fingerprint density at radius 3 is 3.00 bits per heavy atom. The van der Waals surface area contributed by atoms with Crippen LogP contribution in [0.15, 0.2) is 29.3 Å². The molecule has 22 heavy (non-hydrogen) atoms. The molecule has 1 fully saturated rings. The molecule has 1 atom stereocenters. The van der Waals surface area contributed by atoms with Crippen LogP contribution in [0.5, 0.6) is 0 Å². The second-order valence-corrected chi connectivity index (χ2v) is 6.59. The van der Waals surface area contributed by atoms with Crippen molar-refractivity contribution in [2.75, 3.05) is 25.0 Å². The van der Waals surface area contributed by atoms with Crippen molar-refractivity contribution in [1.29, 1.82) is 0 Å². The van der Waals surface area contributed by atoms with E-state index in [9.17, 15) is 0 Å². The zero-order valence-corrected chi connectivity index (χ0v) is 14.2. The summed E-state index contributed by atoms with van der Waals surface area (Å²) in [6, 6.07) is 8.88. The molecule has 1 aromatic carbocycles. The van der Waals surface area contributed by atoms with Gasteiger partial charge in [0.15, 0.2) is 5.96 Å². The lowest BCUT2D eigenvalue weighted by molar-refractivity contribution is 0.231. The predicted molar refractivity (Wildman–Crippen MR) is 95.4 cm³/mol. The summed E-state index contributed by atoms with van der Waals surface area (Å²) >= 11 is 0. The molecule has 0 amide bonds. The Morgan fingerprint density at radius 2 is 2.27 bits per heavy atom. The van der Waals surface area contributed by atoms with Gasteiger partial charge in [-0.25, -0.2) is 0 Å². The Bertz CT molecular complexity index is 496. The predicted octanol–water partition coefficient (Wildman–Crippen LogP) is 3.10. The lowest BCUT2D eigenvalue weighted by Crippen LogP contribution is -2.35. The fourth-order valence-electron chi connectivity index (χ4n) is 3.07. The minimum atomic E-state index is 0.518. The molecule has 1 heterocycles. The quantitative estimate of drug-likeness (QED) is 0.627. The van der Waals surface area contributed by atoms with E-state index in [0.29, 0.717) is 17.9 Å². The van der Waals surface area contributed by atoms with Crippen LogP contribution < -0.4 is 11.1 Å². The number of hydrogen-bond acceptors (Lipinski definition) is 2. The maximum atomic E-state index is 6.04. The van der Waals surface area contributed by atoms with Crippen molar-refractivity contribution in [2.24, 2.45) is 16.6 Å². The number of rotatable bonds is 6. The second-order valence-electron chi connectivity index (χ2n) is 6.59. The maximum Gasteiger partial charge on any atom is 0.193 e. The van der Waals surface area contributed by atoms with E-state index in [2.05, 4.69) is 54.2 Å². The molecule has 4 heteroatoms. The third-order valence-electron chi connectivity index (χ3n) is 4.18. The monoisotopic (exact) mass is 302 g/mol. The van der Waals surface area contributed by atoms with Gasteiger partial charge in [-0.1, -0.05) is 32.9 Å². The molecule has 1 saturated heterocycles. The molecule has 0 spiro atoms. The van der Waals surface area contributed by atoms with Gasteiger partial charge in [-0.3, -0.25) is 9.89 Å². The smallest absolute Gasteiger partial charge is 0.193 e. The molecule has 0 radical (unpaired) electrons. The summed E-state index contributed by atoms with van der Waals surface area (Å²) in [4.78, 5) is 7.11. The van der Waals surface area contributed by atoms with Gasteiger partial charge >= 0.3 is 0 Å². The first kappa shape index (κ1) is 16.8. The summed E-state index contributed by atoms with van der Waals surface area (Å²) in [5.74, 6) is 1.22. The standard InChI is InChI=1S/C18H30N4/c1-4-15-7-5-8-16(11-15)21-18(19)20-12-17-9-6-10-22(17)13-14(2)3/h5,7-8,11,14,17H,4,6,9-10,12-13H2,1-3H3,(H3,19,20,21)/t17-/m1/s1. The first-order chi connectivity index (χ1) is 10.6. The van der Waals surface area contributed by atoms with Crippen LogP contribution in [0.4, 0.5) is 5.69 Å². The summed E-state index contributed by atoms with van der Waals surface area (Å²) in [5, 5.41) is 3.21. The van der Waals surface area contributed by atoms with Crippen molar-refractivity contribution in [3.8, 4) is 0 Å². The van der Waals surface area contributed by atoms with Crippen LogP contribution in [0.2, 0.25) is 0 Å². The highest BCUT2D eigenvalue weighted by Gasteiger charge is 2.24. The fourth-order valence-corrected chi connectivity index (χ4v) is 3.07. The Hall–Kier alpha value is -1.55. The number of anilines is 1. The van der Waals surface area contributed by atoms with E-state index in [0.717, 1.165) is 25.2 Å². The van der Waals surface area contributed by atoms with Gasteiger partial charge in [-0.05, 0) is 49.4 Å². The van der Waals surface area contributed by atoms with E-state index in [4.69, 9.17) is 5.73 Å². The van der Waals surface area contributed by atoms with Crippen molar-refractivity contribution in [3.05, 3.63) is 29.8 Å². The van der Waals surface area contributed by atoms with E-state index in [1.54, 1.807) is 0 Å². The van der Waals surface area contributed by atoms with Crippen LogP contribution in [0.25, 0.3) is 0 Å². The third kappa shape index (κ3) is 5.02. The molecule has 1 aromatic rings. The molecular weight excluding hydrogens is 272 g/mol. The molecule has 2 rings (SSSR count). The van der Waals surface area contributed by atoms with Gasteiger partial charge in [0.05, 0.1) is 6.54 Å². The first-order valence-corrected chi connectivity index (χ1v) is 8.48. The Morgan fingerprint density at radius 1 is 1.45 bits per heavy atom. The average Bonchev–Trinajstić information content (AvgIpc) is 2.91. The van der Waals surface area contributed by atoms with E-state index < -0.39 is 0 Å². The molecule has 0 aromatic heterocycles. The normalized spacial score (nSPS) is 19.8. The zero-order chi connectivity index (χ0) is 15.9. The van der Waals surface area contributed by atoms with Crippen LogP contribution in [0.1, 0.15) is 39.2 Å². The maximum absolute atomic E-state index is 6.04. The van der Waals surface area contributed by atoms with Gasteiger partial charge in [-0.15, -0.1) is 0 Å². The number of nitrogens with two attached hydrogens (primary N) is 1. The summed E-state index contributed by atoms with van der Waals surface area (Å²) in [6.45, 7) is 9.85. The van der Waals surface area contributed by atoms with E-state index in [1.807, 2.05) is 6.07 Å².